The number of hydrogen-bond donors (Lipinski definition) is 5. The minimum Gasteiger partial charge on any atom is -0.497 e. The van der Waals surface area contributed by atoms with E-state index < -0.39 is 94.7 Å². The molecular formula is C69H79N11O15S2. The van der Waals surface area contributed by atoms with Gasteiger partial charge in [0.15, 0.2) is 0 Å². The van der Waals surface area contributed by atoms with Crippen molar-refractivity contribution in [3.05, 3.63) is 192 Å². The van der Waals surface area contributed by atoms with Crippen LogP contribution in [0.5, 0.6) is 17.2 Å². The Morgan fingerprint density at radius 3 is 1.72 bits per heavy atom. The SMILES string of the molecule is COc1ccc(CN(Cc2ccc(OC)cc2)S(=O)(=O)c2c(S(=O)(=O)N[C@H]3CN(C(=O)OC(C)(C)C)C[C@H]3NC(=O)OCc3ccccc3)ccc(-c3cccc(NC(=O)[C@@H](COCc4ccccc4)NC(=O)OC(C)(C)C)c3N)c2-c2nnn(Cc3ccc(OC)cc3)n2)cc1. The van der Waals surface area contributed by atoms with Gasteiger partial charge in [0.05, 0.1) is 70.1 Å². The van der Waals surface area contributed by atoms with Crippen molar-refractivity contribution in [2.45, 2.75) is 114 Å². The fraction of sp³-hybridized carbons (Fsp3) is 0.319. The summed E-state index contributed by atoms with van der Waals surface area (Å²) in [6, 6.07) is 41.2. The number of tetrazole rings is 1. The monoisotopic (exact) mass is 1370 g/mol. The molecule has 8 aromatic rings. The summed E-state index contributed by atoms with van der Waals surface area (Å²) >= 11 is 0. The third-order valence-electron chi connectivity index (χ3n) is 15.1. The molecule has 28 heteroatoms. The number of nitrogens with one attached hydrogen (secondary N) is 4. The van der Waals surface area contributed by atoms with Crippen molar-refractivity contribution in [2.75, 3.05) is 52.1 Å². The Hall–Kier alpha value is -10.1. The smallest absolute Gasteiger partial charge is 0.410 e. The van der Waals surface area contributed by atoms with E-state index in [1.165, 1.54) is 55.3 Å². The number of anilines is 2. The van der Waals surface area contributed by atoms with Crippen LogP contribution in [-0.2, 0) is 76.6 Å². The second-order valence-electron chi connectivity index (χ2n) is 24.7. The van der Waals surface area contributed by atoms with E-state index in [9.17, 15) is 19.2 Å². The van der Waals surface area contributed by atoms with E-state index in [1.54, 1.807) is 145 Å². The molecule has 3 atom stereocenters. The average molecular weight is 1370 g/mol. The lowest BCUT2D eigenvalue weighted by atomic mass is 9.97. The van der Waals surface area contributed by atoms with Gasteiger partial charge in [-0.1, -0.05) is 115 Å². The maximum absolute atomic E-state index is 16.8. The number of carbonyl (C=O) groups excluding carboxylic acids is 4. The molecule has 9 rings (SSSR count). The van der Waals surface area contributed by atoms with Gasteiger partial charge in [-0.3, -0.25) is 4.79 Å². The van der Waals surface area contributed by atoms with E-state index in [4.69, 9.17) is 44.0 Å². The predicted molar refractivity (Wildman–Crippen MR) is 361 cm³/mol. The summed E-state index contributed by atoms with van der Waals surface area (Å²) < 4.78 is 109. The van der Waals surface area contributed by atoms with E-state index >= 15 is 16.8 Å². The van der Waals surface area contributed by atoms with Crippen LogP contribution in [0.15, 0.2) is 174 Å². The molecule has 7 aromatic carbocycles. The number of methoxy groups -OCH3 is 3. The molecule has 0 saturated carbocycles. The number of hydrogen-bond acceptors (Lipinski definition) is 19. The minimum absolute atomic E-state index is 0.0236. The summed E-state index contributed by atoms with van der Waals surface area (Å²) in [6.07, 6.45) is -2.69. The molecule has 1 aliphatic rings. The van der Waals surface area contributed by atoms with Crippen LogP contribution >= 0.6 is 0 Å². The maximum atomic E-state index is 16.8. The number of amides is 4. The van der Waals surface area contributed by atoms with Crippen LogP contribution in [0.1, 0.15) is 69.4 Å². The number of para-hydroxylation sites is 1. The standard InChI is InChI=1S/C69H79N11O15S2/c1-68(2,3)94-66(83)73-58(44-92-42-48-17-12-10-13-18-48)64(81)71-55-22-16-21-54(61(55)70)53-35-36-59(96(85,86)76-57-41-78(67(84)95-69(4,5)6)40-56(57)72-65(82)93-43-49-19-14-11-15-20-49)62(60(53)63-74-77-80(75-63)39-47-27-33-52(91-9)34-28-47)97(87,88)79(37-45-23-29-50(89-7)30-24-45)38-46-25-31-51(90-8)32-26-46/h10-36,56-58,76H,37-44,70H2,1-9H3,(H,71,81)(H,72,82)(H,73,83)/t56-,57+,58-/m1/s1. The Balaban J connectivity index is 1.23. The van der Waals surface area contributed by atoms with Crippen molar-refractivity contribution in [2.24, 2.45) is 0 Å². The number of ether oxygens (including phenoxy) is 7. The van der Waals surface area contributed by atoms with Gasteiger partial charge >= 0.3 is 18.3 Å². The molecule has 0 radical (unpaired) electrons. The molecular weight excluding hydrogens is 1290 g/mol. The van der Waals surface area contributed by atoms with Crippen molar-refractivity contribution in [1.82, 2.24) is 44.8 Å². The number of aromatic nitrogens is 4. The molecule has 0 bridgehead atoms. The van der Waals surface area contributed by atoms with Gasteiger partial charge in [0, 0.05) is 31.7 Å². The van der Waals surface area contributed by atoms with Crippen molar-refractivity contribution in [3.8, 4) is 39.8 Å². The van der Waals surface area contributed by atoms with Crippen molar-refractivity contribution < 1.29 is 69.2 Å². The number of rotatable bonds is 26. The van der Waals surface area contributed by atoms with Crippen LogP contribution in [0.4, 0.5) is 25.8 Å². The first-order valence-electron chi connectivity index (χ1n) is 30.8. The number of benzene rings is 7. The molecule has 0 spiro atoms. The number of sulfonamides is 2. The van der Waals surface area contributed by atoms with Crippen LogP contribution in [0, 0.1) is 0 Å². The summed E-state index contributed by atoms with van der Waals surface area (Å²) in [6.45, 7) is 8.16. The Kier molecular flexibility index (Phi) is 22.9. The first kappa shape index (κ1) is 71.2. The third-order valence-corrected chi connectivity index (χ3v) is 18.6. The van der Waals surface area contributed by atoms with E-state index in [0.717, 1.165) is 15.9 Å². The number of nitrogens with two attached hydrogens (primary N) is 1. The summed E-state index contributed by atoms with van der Waals surface area (Å²) in [4.78, 5) is 56.2. The molecule has 6 N–H and O–H groups in total. The normalized spacial score (nSPS) is 14.5. The van der Waals surface area contributed by atoms with Gasteiger partial charge in [-0.25, -0.2) is 35.9 Å². The highest BCUT2D eigenvalue weighted by Gasteiger charge is 2.44. The largest absolute Gasteiger partial charge is 0.497 e. The number of carbonyl (C=O) groups is 4. The fourth-order valence-corrected chi connectivity index (χ4v) is 14.0. The lowest BCUT2D eigenvalue weighted by molar-refractivity contribution is -0.119. The quantitative estimate of drug-likeness (QED) is 0.0249. The summed E-state index contributed by atoms with van der Waals surface area (Å²) in [5, 5.41) is 21.8. The topological polar surface area (TPSA) is 325 Å². The highest BCUT2D eigenvalue weighted by Crippen LogP contribution is 2.44. The highest BCUT2D eigenvalue weighted by molar-refractivity contribution is 7.92. The Labute approximate surface area is 563 Å². The lowest BCUT2D eigenvalue weighted by Gasteiger charge is -2.27. The van der Waals surface area contributed by atoms with Gasteiger partial charge in [0.2, 0.25) is 31.8 Å². The maximum Gasteiger partial charge on any atom is 0.410 e. The van der Waals surface area contributed by atoms with Crippen molar-refractivity contribution in [1.29, 1.82) is 0 Å². The molecule has 26 nitrogen and oxygen atoms in total. The zero-order valence-electron chi connectivity index (χ0n) is 55.2. The molecule has 0 aliphatic carbocycles. The summed E-state index contributed by atoms with van der Waals surface area (Å²) in [7, 11) is -6.03. The third kappa shape index (κ3) is 19.1. The fourth-order valence-electron chi connectivity index (χ4n) is 10.4. The predicted octanol–water partition coefficient (Wildman–Crippen LogP) is 9.30. The van der Waals surface area contributed by atoms with Crippen LogP contribution < -0.4 is 40.6 Å². The molecule has 1 fully saturated rings. The van der Waals surface area contributed by atoms with E-state index in [0.29, 0.717) is 39.5 Å². The molecule has 2 heterocycles. The molecule has 1 aliphatic heterocycles. The average Bonchev–Trinajstić information content (AvgIpc) is 1.55. The molecule has 97 heavy (non-hydrogen) atoms. The van der Waals surface area contributed by atoms with Crippen molar-refractivity contribution >= 4 is 55.6 Å². The highest BCUT2D eigenvalue weighted by atomic mass is 32.2. The van der Waals surface area contributed by atoms with Crippen LogP contribution in [0.25, 0.3) is 22.5 Å². The summed E-state index contributed by atoms with van der Waals surface area (Å²) in [5.74, 6) is 0.338. The van der Waals surface area contributed by atoms with E-state index in [-0.39, 0.29) is 75.0 Å². The van der Waals surface area contributed by atoms with Crippen LogP contribution in [-0.4, -0.2) is 141 Å². The summed E-state index contributed by atoms with van der Waals surface area (Å²) in [5.41, 5.74) is 7.67. The van der Waals surface area contributed by atoms with Crippen LogP contribution in [0.3, 0.4) is 0 Å². The number of nitrogens with zero attached hydrogens (tertiary/aromatic N) is 6. The first-order chi connectivity index (χ1) is 46.2. The molecule has 1 saturated heterocycles. The second-order valence-corrected chi connectivity index (χ2v) is 28.2. The van der Waals surface area contributed by atoms with E-state index in [1.807, 2.05) is 30.3 Å². The number of nitrogen functional groups attached to an aromatic ring is 1. The first-order valence-corrected chi connectivity index (χ1v) is 33.7. The van der Waals surface area contributed by atoms with Gasteiger partial charge in [-0.15, -0.1) is 10.2 Å². The Morgan fingerprint density at radius 2 is 1.16 bits per heavy atom. The number of alkyl carbamates (subject to hydrolysis) is 2. The van der Waals surface area contributed by atoms with Gasteiger partial charge < -0.3 is 59.7 Å². The Bertz CT molecular complexity index is 4220. The van der Waals surface area contributed by atoms with Gasteiger partial charge in [-0.05, 0) is 129 Å². The zero-order valence-corrected chi connectivity index (χ0v) is 56.8. The molecule has 512 valence electrons. The minimum atomic E-state index is -5.29. The van der Waals surface area contributed by atoms with Gasteiger partial charge in [0.25, 0.3) is 0 Å². The number of likely N-dealkylation sites (tertiary alicyclic amines) is 1. The van der Waals surface area contributed by atoms with Gasteiger partial charge in [-0.2, -0.15) is 9.10 Å². The van der Waals surface area contributed by atoms with Gasteiger partial charge in [0.1, 0.15) is 50.9 Å². The van der Waals surface area contributed by atoms with E-state index in [2.05, 4.69) is 31.0 Å². The molecule has 0 unspecified atom stereocenters. The molecule has 1 aromatic heterocycles. The second kappa shape index (κ2) is 31.2. The zero-order chi connectivity index (χ0) is 69.7. The van der Waals surface area contributed by atoms with Crippen molar-refractivity contribution in [3.63, 3.8) is 0 Å². The Morgan fingerprint density at radius 1 is 0.619 bits per heavy atom. The lowest BCUT2D eigenvalue weighted by Crippen LogP contribution is -2.51. The van der Waals surface area contributed by atoms with Crippen LogP contribution in [0.2, 0.25) is 0 Å². The molecule has 4 amide bonds.